The molecule has 0 saturated carbocycles. The maximum atomic E-state index is 11.6. The van der Waals surface area contributed by atoms with Gasteiger partial charge in [0.2, 0.25) is 0 Å². The molecule has 0 aromatic carbocycles. The van der Waals surface area contributed by atoms with Crippen molar-refractivity contribution < 1.29 is 19.1 Å². The number of carbonyl (C=O) groups is 2. The Labute approximate surface area is 148 Å². The summed E-state index contributed by atoms with van der Waals surface area (Å²) >= 11 is 0. The van der Waals surface area contributed by atoms with Gasteiger partial charge in [-0.2, -0.15) is 0 Å². The van der Waals surface area contributed by atoms with Crippen LogP contribution < -0.4 is 0 Å². The molecule has 0 heterocycles. The van der Waals surface area contributed by atoms with E-state index in [1.54, 1.807) is 0 Å². The van der Waals surface area contributed by atoms with Crippen LogP contribution in [0.3, 0.4) is 0 Å². The summed E-state index contributed by atoms with van der Waals surface area (Å²) in [5.41, 5.74) is 0. The summed E-state index contributed by atoms with van der Waals surface area (Å²) in [6.45, 7) is 10.4. The molecule has 142 valence electrons. The minimum atomic E-state index is 0.0955. The summed E-state index contributed by atoms with van der Waals surface area (Å²) in [6.07, 6.45) is 7.51. The van der Waals surface area contributed by atoms with Crippen LogP contribution in [-0.2, 0) is 19.1 Å². The van der Waals surface area contributed by atoms with Crippen molar-refractivity contribution in [2.45, 2.75) is 79.1 Å². The van der Waals surface area contributed by atoms with Gasteiger partial charge in [0.25, 0.3) is 0 Å². The monoisotopic (exact) mass is 342 g/mol. The van der Waals surface area contributed by atoms with Crippen LogP contribution in [0.4, 0.5) is 0 Å². The number of hydrogen-bond donors (Lipinski definition) is 0. The van der Waals surface area contributed by atoms with Gasteiger partial charge in [-0.15, -0.1) is 0 Å². The Morgan fingerprint density at radius 2 is 1.29 bits per heavy atom. The van der Waals surface area contributed by atoms with Crippen molar-refractivity contribution >= 4 is 11.6 Å². The number of carbonyl (C=O) groups excluding carboxylic acids is 2. The molecule has 0 aromatic rings. The standard InChI is InChI=1S/C20H38O4/c1-17(2)16-19(21)10-8-6-5-7-9-12-23-14-15-24-13-11-20(22)18(3)4/h17-18H,5-16H2,1-4H3. The fourth-order valence-corrected chi connectivity index (χ4v) is 2.40. The second-order valence-electron chi connectivity index (χ2n) is 7.25. The van der Waals surface area contributed by atoms with Crippen LogP contribution in [0.2, 0.25) is 0 Å². The highest BCUT2D eigenvalue weighted by molar-refractivity contribution is 5.80. The first-order chi connectivity index (χ1) is 11.4. The number of hydrogen-bond acceptors (Lipinski definition) is 4. The molecule has 0 aliphatic heterocycles. The second-order valence-corrected chi connectivity index (χ2v) is 7.25. The van der Waals surface area contributed by atoms with Crippen LogP contribution >= 0.6 is 0 Å². The van der Waals surface area contributed by atoms with Crippen molar-refractivity contribution in [3.63, 3.8) is 0 Å². The zero-order valence-corrected chi connectivity index (χ0v) is 16.3. The molecule has 0 atom stereocenters. The number of Topliss-reactive ketones (excluding diaryl/α,β-unsaturated/α-hetero) is 2. The number of ether oxygens (including phenoxy) is 2. The molecule has 0 unspecified atom stereocenters. The lowest BCUT2D eigenvalue weighted by Crippen LogP contribution is -2.12. The first kappa shape index (κ1) is 23.3. The predicted molar refractivity (Wildman–Crippen MR) is 98.3 cm³/mol. The van der Waals surface area contributed by atoms with Gasteiger partial charge in [-0.25, -0.2) is 0 Å². The first-order valence-corrected chi connectivity index (χ1v) is 9.63. The van der Waals surface area contributed by atoms with Crippen LogP contribution in [0, 0.1) is 11.8 Å². The van der Waals surface area contributed by atoms with Crippen molar-refractivity contribution in [2.24, 2.45) is 11.8 Å². The average molecular weight is 343 g/mol. The lowest BCUT2D eigenvalue weighted by atomic mass is 10.0. The average Bonchev–Trinajstić information content (AvgIpc) is 2.50. The van der Waals surface area contributed by atoms with E-state index in [2.05, 4.69) is 13.8 Å². The van der Waals surface area contributed by atoms with Crippen LogP contribution in [0.25, 0.3) is 0 Å². The molecule has 0 spiro atoms. The molecule has 0 fully saturated rings. The van der Waals surface area contributed by atoms with E-state index in [4.69, 9.17) is 9.47 Å². The lowest BCUT2D eigenvalue weighted by molar-refractivity contribution is -0.123. The van der Waals surface area contributed by atoms with E-state index in [0.29, 0.717) is 37.9 Å². The van der Waals surface area contributed by atoms with E-state index in [1.807, 2.05) is 13.8 Å². The quantitative estimate of drug-likeness (QED) is 0.363. The van der Waals surface area contributed by atoms with E-state index >= 15 is 0 Å². The van der Waals surface area contributed by atoms with Gasteiger partial charge in [0.05, 0.1) is 19.8 Å². The Balaban J connectivity index is 3.18. The number of unbranched alkanes of at least 4 members (excludes halogenated alkanes) is 4. The van der Waals surface area contributed by atoms with E-state index in [1.165, 1.54) is 6.42 Å². The zero-order chi connectivity index (χ0) is 18.2. The summed E-state index contributed by atoms with van der Waals surface area (Å²) < 4.78 is 10.9. The normalized spacial score (nSPS) is 11.4. The largest absolute Gasteiger partial charge is 0.379 e. The Hall–Kier alpha value is -0.740. The summed E-state index contributed by atoms with van der Waals surface area (Å²) in [5, 5.41) is 0. The molecule has 0 bridgehead atoms. The van der Waals surface area contributed by atoms with Crippen LogP contribution in [0.5, 0.6) is 0 Å². The molecule has 0 amide bonds. The maximum Gasteiger partial charge on any atom is 0.137 e. The topological polar surface area (TPSA) is 52.6 Å². The molecule has 0 aromatic heterocycles. The van der Waals surface area contributed by atoms with E-state index in [9.17, 15) is 9.59 Å². The van der Waals surface area contributed by atoms with Crippen molar-refractivity contribution in [3.05, 3.63) is 0 Å². The molecular weight excluding hydrogens is 304 g/mol. The molecule has 0 aliphatic rings. The SMILES string of the molecule is CC(C)CC(=O)CCCCCCCOCCOCCC(=O)C(C)C. The third kappa shape index (κ3) is 16.1. The third-order valence-corrected chi connectivity index (χ3v) is 3.89. The summed E-state index contributed by atoms with van der Waals surface area (Å²) in [6, 6.07) is 0. The second kappa shape index (κ2) is 15.8. The van der Waals surface area contributed by atoms with Gasteiger partial charge in [0.1, 0.15) is 11.6 Å². The molecule has 4 nitrogen and oxygen atoms in total. The molecule has 0 rings (SSSR count). The van der Waals surface area contributed by atoms with Crippen molar-refractivity contribution in [3.8, 4) is 0 Å². The van der Waals surface area contributed by atoms with Crippen LogP contribution in [0.1, 0.15) is 79.1 Å². The zero-order valence-electron chi connectivity index (χ0n) is 16.3. The van der Waals surface area contributed by atoms with Gasteiger partial charge in [-0.1, -0.05) is 47.0 Å². The fourth-order valence-electron chi connectivity index (χ4n) is 2.40. The summed E-state index contributed by atoms with van der Waals surface area (Å²) in [4.78, 5) is 22.9. The van der Waals surface area contributed by atoms with Crippen molar-refractivity contribution in [1.82, 2.24) is 0 Å². The van der Waals surface area contributed by atoms with Gasteiger partial charge in [0.15, 0.2) is 0 Å². The number of rotatable bonds is 17. The molecular formula is C20H38O4. The maximum absolute atomic E-state index is 11.6. The van der Waals surface area contributed by atoms with E-state index in [0.717, 1.165) is 45.1 Å². The number of ketones is 2. The van der Waals surface area contributed by atoms with E-state index in [-0.39, 0.29) is 11.7 Å². The highest BCUT2D eigenvalue weighted by atomic mass is 16.5. The smallest absolute Gasteiger partial charge is 0.137 e. The van der Waals surface area contributed by atoms with Crippen LogP contribution in [-0.4, -0.2) is 38.0 Å². The predicted octanol–water partition coefficient (Wildman–Crippen LogP) is 4.59. The van der Waals surface area contributed by atoms with Gasteiger partial charge in [-0.3, -0.25) is 9.59 Å². The summed E-state index contributed by atoms with van der Waals surface area (Å²) in [5.74, 6) is 1.23. The highest BCUT2D eigenvalue weighted by Crippen LogP contribution is 2.09. The van der Waals surface area contributed by atoms with Crippen molar-refractivity contribution in [2.75, 3.05) is 26.4 Å². The Morgan fingerprint density at radius 3 is 1.92 bits per heavy atom. The van der Waals surface area contributed by atoms with E-state index < -0.39 is 0 Å². The van der Waals surface area contributed by atoms with Crippen LogP contribution in [0.15, 0.2) is 0 Å². The van der Waals surface area contributed by atoms with Gasteiger partial charge in [-0.05, 0) is 18.8 Å². The molecule has 0 aliphatic carbocycles. The Morgan fingerprint density at radius 1 is 0.708 bits per heavy atom. The Bertz CT molecular complexity index is 324. The lowest BCUT2D eigenvalue weighted by Gasteiger charge is -2.07. The molecule has 0 N–H and O–H groups in total. The van der Waals surface area contributed by atoms with Crippen molar-refractivity contribution in [1.29, 1.82) is 0 Å². The molecule has 4 heteroatoms. The Kier molecular flexibility index (Phi) is 15.3. The molecule has 24 heavy (non-hydrogen) atoms. The van der Waals surface area contributed by atoms with Gasteiger partial charge < -0.3 is 9.47 Å². The highest BCUT2D eigenvalue weighted by Gasteiger charge is 2.06. The minimum absolute atomic E-state index is 0.0955. The molecule has 0 radical (unpaired) electrons. The van der Waals surface area contributed by atoms with Gasteiger partial charge in [0, 0.05) is 31.8 Å². The molecule has 0 saturated heterocycles. The first-order valence-electron chi connectivity index (χ1n) is 9.63. The minimum Gasteiger partial charge on any atom is -0.379 e. The van der Waals surface area contributed by atoms with Gasteiger partial charge >= 0.3 is 0 Å². The fraction of sp³-hybridized carbons (Fsp3) is 0.900. The summed E-state index contributed by atoms with van der Waals surface area (Å²) in [7, 11) is 0. The third-order valence-electron chi connectivity index (χ3n) is 3.89.